The van der Waals surface area contributed by atoms with E-state index in [1.54, 1.807) is 7.11 Å². The number of fused-ring (bicyclic) bond motifs is 1. The van der Waals surface area contributed by atoms with Crippen LogP contribution in [0.25, 0.3) is 0 Å². The first kappa shape index (κ1) is 12.0. The van der Waals surface area contributed by atoms with Crippen molar-refractivity contribution in [2.24, 2.45) is 11.7 Å². The second-order valence-corrected chi connectivity index (χ2v) is 5.44. The van der Waals surface area contributed by atoms with Crippen LogP contribution < -0.4 is 10.5 Å². The van der Waals surface area contributed by atoms with Crippen LogP contribution in [0.5, 0.6) is 5.75 Å². The summed E-state index contributed by atoms with van der Waals surface area (Å²) in [5.74, 6) is 1.68. The number of methoxy groups -OCH3 is 1. The third-order valence-electron chi connectivity index (χ3n) is 4.05. The number of benzene rings is 1. The van der Waals surface area contributed by atoms with Gasteiger partial charge in [0.05, 0.1) is 19.3 Å². The van der Waals surface area contributed by atoms with Gasteiger partial charge in [-0.2, -0.15) is 0 Å². The van der Waals surface area contributed by atoms with E-state index in [4.69, 9.17) is 15.2 Å². The molecule has 3 rings (SSSR count). The maximum Gasteiger partial charge on any atom is 0.119 e. The third kappa shape index (κ3) is 2.38. The van der Waals surface area contributed by atoms with E-state index in [1.807, 2.05) is 6.07 Å². The van der Waals surface area contributed by atoms with Crippen molar-refractivity contribution in [3.63, 3.8) is 0 Å². The summed E-state index contributed by atoms with van der Waals surface area (Å²) in [4.78, 5) is 0. The molecular formula is C15H21NO2. The molecule has 0 radical (unpaired) electrons. The molecule has 1 aromatic rings. The van der Waals surface area contributed by atoms with Gasteiger partial charge in [0.2, 0.25) is 0 Å². The van der Waals surface area contributed by atoms with Gasteiger partial charge in [0, 0.05) is 6.61 Å². The molecule has 0 heterocycles. The first-order valence-corrected chi connectivity index (χ1v) is 6.82. The summed E-state index contributed by atoms with van der Waals surface area (Å²) in [5, 5.41) is 0. The molecule has 3 nitrogen and oxygen atoms in total. The van der Waals surface area contributed by atoms with E-state index in [1.165, 1.54) is 24.0 Å². The van der Waals surface area contributed by atoms with Gasteiger partial charge >= 0.3 is 0 Å². The van der Waals surface area contributed by atoms with Crippen LogP contribution in [0, 0.1) is 5.92 Å². The summed E-state index contributed by atoms with van der Waals surface area (Å²) < 4.78 is 11.3. The van der Waals surface area contributed by atoms with Crippen molar-refractivity contribution in [3.8, 4) is 5.75 Å². The van der Waals surface area contributed by atoms with Crippen LogP contribution in [-0.2, 0) is 11.2 Å². The highest BCUT2D eigenvalue weighted by molar-refractivity contribution is 5.39. The molecule has 2 atom stereocenters. The van der Waals surface area contributed by atoms with E-state index < -0.39 is 0 Å². The Kier molecular flexibility index (Phi) is 3.27. The Hall–Kier alpha value is -1.06. The maximum atomic E-state index is 6.34. The predicted molar refractivity (Wildman–Crippen MR) is 70.7 cm³/mol. The summed E-state index contributed by atoms with van der Waals surface area (Å²) in [7, 11) is 1.69. The van der Waals surface area contributed by atoms with E-state index in [0.29, 0.717) is 0 Å². The molecule has 0 aromatic heterocycles. The fraction of sp³-hybridized carbons (Fsp3) is 0.600. The molecule has 0 aliphatic heterocycles. The zero-order valence-corrected chi connectivity index (χ0v) is 10.9. The SMILES string of the molecule is COc1ccc2c(c1)C(N)C(OCC1CC1)CC2. The minimum absolute atomic E-state index is 0.0115. The van der Waals surface area contributed by atoms with Crippen molar-refractivity contribution >= 4 is 0 Å². The second-order valence-electron chi connectivity index (χ2n) is 5.44. The highest BCUT2D eigenvalue weighted by atomic mass is 16.5. The third-order valence-corrected chi connectivity index (χ3v) is 4.05. The first-order chi connectivity index (χ1) is 8.78. The Morgan fingerprint density at radius 3 is 2.83 bits per heavy atom. The lowest BCUT2D eigenvalue weighted by Gasteiger charge is -2.31. The maximum absolute atomic E-state index is 6.34. The standard InChI is InChI=1S/C15H21NO2/c1-17-12-6-4-11-5-7-14(15(16)13(11)8-12)18-9-10-2-3-10/h4,6,8,10,14-15H,2-3,5,7,9,16H2,1H3. The highest BCUT2D eigenvalue weighted by Gasteiger charge is 2.30. The molecule has 3 heteroatoms. The van der Waals surface area contributed by atoms with Crippen molar-refractivity contribution in [1.29, 1.82) is 0 Å². The summed E-state index contributed by atoms with van der Waals surface area (Å²) in [6.07, 6.45) is 4.92. The summed E-state index contributed by atoms with van der Waals surface area (Å²) in [6, 6.07) is 6.19. The Morgan fingerprint density at radius 1 is 1.28 bits per heavy atom. The highest BCUT2D eigenvalue weighted by Crippen LogP contribution is 2.35. The number of nitrogens with two attached hydrogens (primary N) is 1. The lowest BCUT2D eigenvalue weighted by atomic mass is 9.86. The van der Waals surface area contributed by atoms with Crippen molar-refractivity contribution in [2.75, 3.05) is 13.7 Å². The molecule has 1 saturated carbocycles. The van der Waals surface area contributed by atoms with Crippen LogP contribution in [0.1, 0.15) is 36.4 Å². The zero-order chi connectivity index (χ0) is 12.5. The van der Waals surface area contributed by atoms with Crippen molar-refractivity contribution in [1.82, 2.24) is 0 Å². The average molecular weight is 247 g/mol. The minimum atomic E-state index is -0.0115. The van der Waals surface area contributed by atoms with E-state index in [0.717, 1.165) is 31.1 Å². The number of aryl methyl sites for hydroxylation is 1. The molecule has 0 spiro atoms. The zero-order valence-electron chi connectivity index (χ0n) is 10.9. The number of rotatable bonds is 4. The summed E-state index contributed by atoms with van der Waals surface area (Å²) in [6.45, 7) is 0.887. The number of ether oxygens (including phenoxy) is 2. The van der Waals surface area contributed by atoms with Gasteiger partial charge in [-0.25, -0.2) is 0 Å². The smallest absolute Gasteiger partial charge is 0.119 e. The lowest BCUT2D eigenvalue weighted by molar-refractivity contribution is 0.0189. The Bertz CT molecular complexity index is 429. The Balaban J connectivity index is 1.74. The molecule has 1 fully saturated rings. The quantitative estimate of drug-likeness (QED) is 0.888. The van der Waals surface area contributed by atoms with Crippen LogP contribution >= 0.6 is 0 Å². The molecule has 2 aliphatic rings. The molecular weight excluding hydrogens is 226 g/mol. The topological polar surface area (TPSA) is 44.5 Å². The van der Waals surface area contributed by atoms with Crippen LogP contribution in [0.2, 0.25) is 0 Å². The van der Waals surface area contributed by atoms with Gasteiger partial charge in [-0.05, 0) is 54.9 Å². The van der Waals surface area contributed by atoms with Crippen molar-refractivity contribution in [3.05, 3.63) is 29.3 Å². The largest absolute Gasteiger partial charge is 0.497 e. The van der Waals surface area contributed by atoms with Crippen molar-refractivity contribution < 1.29 is 9.47 Å². The monoisotopic (exact) mass is 247 g/mol. The molecule has 98 valence electrons. The fourth-order valence-electron chi connectivity index (χ4n) is 2.65. The molecule has 0 amide bonds. The van der Waals surface area contributed by atoms with Gasteiger partial charge in [-0.1, -0.05) is 6.07 Å². The van der Waals surface area contributed by atoms with E-state index in [9.17, 15) is 0 Å². The fourth-order valence-corrected chi connectivity index (χ4v) is 2.65. The molecule has 18 heavy (non-hydrogen) atoms. The van der Waals surface area contributed by atoms with E-state index in [2.05, 4.69) is 12.1 Å². The molecule has 2 N–H and O–H groups in total. The van der Waals surface area contributed by atoms with E-state index >= 15 is 0 Å². The number of hydrogen-bond donors (Lipinski definition) is 1. The predicted octanol–water partition coefficient (Wildman–Crippen LogP) is 2.44. The molecule has 0 saturated heterocycles. The minimum Gasteiger partial charge on any atom is -0.497 e. The van der Waals surface area contributed by atoms with Crippen molar-refractivity contribution in [2.45, 2.75) is 37.8 Å². The van der Waals surface area contributed by atoms with E-state index in [-0.39, 0.29) is 12.1 Å². The lowest BCUT2D eigenvalue weighted by Crippen LogP contribution is -2.34. The normalized spacial score (nSPS) is 26.8. The van der Waals surface area contributed by atoms with Gasteiger partial charge in [0.1, 0.15) is 5.75 Å². The second kappa shape index (κ2) is 4.90. The average Bonchev–Trinajstić information content (AvgIpc) is 3.22. The van der Waals surface area contributed by atoms with Gasteiger partial charge in [-0.3, -0.25) is 0 Å². The van der Waals surface area contributed by atoms with Gasteiger partial charge in [0.15, 0.2) is 0 Å². The molecule has 1 aromatic carbocycles. The Labute approximate surface area is 108 Å². The van der Waals surface area contributed by atoms with Crippen LogP contribution in [0.3, 0.4) is 0 Å². The van der Waals surface area contributed by atoms with Gasteiger partial charge in [-0.15, -0.1) is 0 Å². The number of hydrogen-bond acceptors (Lipinski definition) is 3. The first-order valence-electron chi connectivity index (χ1n) is 6.82. The van der Waals surface area contributed by atoms with Gasteiger partial charge in [0.25, 0.3) is 0 Å². The summed E-state index contributed by atoms with van der Waals surface area (Å²) >= 11 is 0. The van der Waals surface area contributed by atoms with Gasteiger partial charge < -0.3 is 15.2 Å². The Morgan fingerprint density at radius 2 is 2.11 bits per heavy atom. The summed E-state index contributed by atoms with van der Waals surface area (Å²) in [5.41, 5.74) is 8.88. The van der Waals surface area contributed by atoms with Crippen LogP contribution in [-0.4, -0.2) is 19.8 Å². The van der Waals surface area contributed by atoms with Crippen LogP contribution in [0.4, 0.5) is 0 Å². The molecule has 2 unspecified atom stereocenters. The van der Waals surface area contributed by atoms with Crippen LogP contribution in [0.15, 0.2) is 18.2 Å². The molecule has 2 aliphatic carbocycles. The molecule has 0 bridgehead atoms.